The SMILES string of the molecule is CNC(C(=O)Nc1ccc(C)c(S(N)(=O)=O)c1)c1cnn(C)c1.Cl. The van der Waals surface area contributed by atoms with Crippen LogP contribution in [0.3, 0.4) is 0 Å². The lowest BCUT2D eigenvalue weighted by atomic mass is 10.1. The first-order valence-corrected chi connectivity index (χ1v) is 8.37. The highest BCUT2D eigenvalue weighted by atomic mass is 35.5. The summed E-state index contributed by atoms with van der Waals surface area (Å²) in [5.74, 6) is -0.329. The van der Waals surface area contributed by atoms with Gasteiger partial charge in [-0.25, -0.2) is 13.6 Å². The number of hydrogen-bond donors (Lipinski definition) is 3. The molecule has 2 rings (SSSR count). The van der Waals surface area contributed by atoms with E-state index in [4.69, 9.17) is 5.14 Å². The number of aryl methyl sites for hydroxylation is 2. The molecule has 0 aliphatic rings. The van der Waals surface area contributed by atoms with Crippen molar-refractivity contribution in [2.75, 3.05) is 12.4 Å². The summed E-state index contributed by atoms with van der Waals surface area (Å²) in [5.41, 5.74) is 1.57. The van der Waals surface area contributed by atoms with Crippen LogP contribution in [0.4, 0.5) is 5.69 Å². The van der Waals surface area contributed by atoms with Gasteiger partial charge in [-0.05, 0) is 31.7 Å². The van der Waals surface area contributed by atoms with Crippen LogP contribution in [-0.2, 0) is 21.9 Å². The van der Waals surface area contributed by atoms with E-state index >= 15 is 0 Å². The first-order chi connectivity index (χ1) is 10.7. The highest BCUT2D eigenvalue weighted by Crippen LogP contribution is 2.20. The van der Waals surface area contributed by atoms with E-state index in [0.717, 1.165) is 0 Å². The van der Waals surface area contributed by atoms with Crippen LogP contribution in [0.15, 0.2) is 35.5 Å². The maximum absolute atomic E-state index is 12.4. The number of halogens is 1. The molecule has 0 saturated carbocycles. The summed E-state index contributed by atoms with van der Waals surface area (Å²) >= 11 is 0. The Balaban J connectivity index is 0.00000288. The zero-order valence-electron chi connectivity index (χ0n) is 13.5. The van der Waals surface area contributed by atoms with E-state index in [9.17, 15) is 13.2 Å². The summed E-state index contributed by atoms with van der Waals surface area (Å²) in [5, 5.41) is 14.8. The average Bonchev–Trinajstić information content (AvgIpc) is 2.87. The number of primary sulfonamides is 1. The van der Waals surface area contributed by atoms with Crippen molar-refractivity contribution in [1.82, 2.24) is 15.1 Å². The molecule has 1 atom stereocenters. The Morgan fingerprint density at radius 2 is 2.04 bits per heavy atom. The molecular formula is C14H20ClN5O3S. The van der Waals surface area contributed by atoms with Crippen molar-refractivity contribution < 1.29 is 13.2 Å². The van der Waals surface area contributed by atoms with Crippen molar-refractivity contribution in [1.29, 1.82) is 0 Å². The molecule has 0 aliphatic heterocycles. The summed E-state index contributed by atoms with van der Waals surface area (Å²) < 4.78 is 24.7. The van der Waals surface area contributed by atoms with Gasteiger partial charge in [0, 0.05) is 24.5 Å². The highest BCUT2D eigenvalue weighted by Gasteiger charge is 2.21. The Bertz CT molecular complexity index is 835. The van der Waals surface area contributed by atoms with E-state index in [1.165, 1.54) is 6.07 Å². The number of benzene rings is 1. The lowest BCUT2D eigenvalue weighted by Gasteiger charge is -2.15. The molecule has 1 amide bonds. The molecule has 1 aromatic carbocycles. The van der Waals surface area contributed by atoms with Crippen LogP contribution >= 0.6 is 12.4 Å². The van der Waals surface area contributed by atoms with Gasteiger partial charge in [0.25, 0.3) is 0 Å². The molecule has 0 bridgehead atoms. The number of nitrogens with two attached hydrogens (primary N) is 1. The van der Waals surface area contributed by atoms with Crippen molar-refractivity contribution in [3.8, 4) is 0 Å². The smallest absolute Gasteiger partial charge is 0.246 e. The fourth-order valence-electron chi connectivity index (χ4n) is 2.24. The van der Waals surface area contributed by atoms with Crippen LogP contribution in [-0.4, -0.2) is 31.2 Å². The number of nitrogens with zero attached hydrogens (tertiary/aromatic N) is 2. The predicted molar refractivity (Wildman–Crippen MR) is 93.4 cm³/mol. The second-order valence-electron chi connectivity index (χ2n) is 5.18. The van der Waals surface area contributed by atoms with Crippen LogP contribution < -0.4 is 15.8 Å². The Morgan fingerprint density at radius 3 is 2.54 bits per heavy atom. The number of rotatable bonds is 5. The van der Waals surface area contributed by atoms with E-state index in [0.29, 0.717) is 16.8 Å². The maximum Gasteiger partial charge on any atom is 0.246 e. The first-order valence-electron chi connectivity index (χ1n) is 6.82. The summed E-state index contributed by atoms with van der Waals surface area (Å²) in [6, 6.07) is 3.95. The standard InChI is InChI=1S/C14H19N5O3S.ClH/c1-9-4-5-11(6-12(9)23(15,21)22)18-14(20)13(16-2)10-7-17-19(3)8-10;/h4-8,13,16H,1-3H3,(H,18,20)(H2,15,21,22);1H. The van der Waals surface area contributed by atoms with Gasteiger partial charge in [-0.2, -0.15) is 5.10 Å². The van der Waals surface area contributed by atoms with E-state index in [-0.39, 0.29) is 23.2 Å². The van der Waals surface area contributed by atoms with Crippen molar-refractivity contribution in [3.63, 3.8) is 0 Å². The molecule has 24 heavy (non-hydrogen) atoms. The molecule has 132 valence electrons. The van der Waals surface area contributed by atoms with E-state index in [2.05, 4.69) is 15.7 Å². The number of sulfonamides is 1. The Labute approximate surface area is 146 Å². The number of likely N-dealkylation sites (N-methyl/N-ethyl adjacent to an activating group) is 1. The van der Waals surface area contributed by atoms with E-state index < -0.39 is 16.1 Å². The number of carbonyl (C=O) groups is 1. The van der Waals surface area contributed by atoms with Gasteiger partial charge in [0.2, 0.25) is 15.9 Å². The van der Waals surface area contributed by atoms with Gasteiger partial charge in [0.15, 0.2) is 0 Å². The molecule has 1 unspecified atom stereocenters. The Hall–Kier alpha value is -1.94. The van der Waals surface area contributed by atoms with Crippen LogP contribution in [0.2, 0.25) is 0 Å². The third kappa shape index (κ3) is 4.54. The van der Waals surface area contributed by atoms with Gasteiger partial charge in [-0.1, -0.05) is 6.07 Å². The minimum absolute atomic E-state index is 0. The number of anilines is 1. The summed E-state index contributed by atoms with van der Waals surface area (Å²) in [4.78, 5) is 12.4. The molecule has 1 aromatic heterocycles. The predicted octanol–water partition coefficient (Wildman–Crippen LogP) is 0.697. The maximum atomic E-state index is 12.4. The largest absolute Gasteiger partial charge is 0.324 e. The topological polar surface area (TPSA) is 119 Å². The van der Waals surface area contributed by atoms with Crippen LogP contribution in [0.5, 0.6) is 0 Å². The van der Waals surface area contributed by atoms with Crippen LogP contribution in [0, 0.1) is 6.92 Å². The lowest BCUT2D eigenvalue weighted by molar-refractivity contribution is -0.118. The lowest BCUT2D eigenvalue weighted by Crippen LogP contribution is -2.30. The van der Waals surface area contributed by atoms with Gasteiger partial charge < -0.3 is 10.6 Å². The fraction of sp³-hybridized carbons (Fsp3) is 0.286. The van der Waals surface area contributed by atoms with Crippen molar-refractivity contribution in [3.05, 3.63) is 41.7 Å². The normalized spacial score (nSPS) is 12.3. The van der Waals surface area contributed by atoms with Crippen LogP contribution in [0.1, 0.15) is 17.2 Å². The molecule has 2 aromatic rings. The third-order valence-electron chi connectivity index (χ3n) is 3.37. The molecule has 10 heteroatoms. The summed E-state index contributed by atoms with van der Waals surface area (Å²) in [6.07, 6.45) is 3.32. The first kappa shape index (κ1) is 20.1. The molecule has 0 radical (unpaired) electrons. The van der Waals surface area contributed by atoms with E-state index in [1.807, 2.05) is 0 Å². The monoisotopic (exact) mass is 373 g/mol. The molecular weight excluding hydrogens is 354 g/mol. The molecule has 0 fully saturated rings. The number of carbonyl (C=O) groups excluding carboxylic acids is 1. The van der Waals surface area contributed by atoms with Crippen molar-refractivity contribution in [2.24, 2.45) is 12.2 Å². The molecule has 1 heterocycles. The summed E-state index contributed by atoms with van der Waals surface area (Å²) in [6.45, 7) is 1.64. The quantitative estimate of drug-likeness (QED) is 0.712. The Morgan fingerprint density at radius 1 is 1.38 bits per heavy atom. The number of amides is 1. The van der Waals surface area contributed by atoms with Gasteiger partial charge in [-0.15, -0.1) is 12.4 Å². The van der Waals surface area contributed by atoms with Crippen molar-refractivity contribution in [2.45, 2.75) is 17.9 Å². The third-order valence-corrected chi connectivity index (χ3v) is 4.42. The zero-order chi connectivity index (χ0) is 17.2. The van der Waals surface area contributed by atoms with Gasteiger partial charge in [0.1, 0.15) is 6.04 Å². The Kier molecular flexibility index (Phi) is 6.50. The van der Waals surface area contributed by atoms with Gasteiger partial charge >= 0.3 is 0 Å². The molecule has 0 saturated heterocycles. The van der Waals surface area contributed by atoms with Gasteiger partial charge in [-0.3, -0.25) is 9.48 Å². The zero-order valence-corrected chi connectivity index (χ0v) is 15.1. The average molecular weight is 374 g/mol. The minimum atomic E-state index is -3.85. The number of nitrogens with one attached hydrogen (secondary N) is 2. The van der Waals surface area contributed by atoms with Crippen molar-refractivity contribution >= 4 is 34.0 Å². The molecule has 8 nitrogen and oxygen atoms in total. The molecule has 0 aliphatic carbocycles. The second kappa shape index (κ2) is 7.75. The fourth-order valence-corrected chi connectivity index (χ4v) is 3.05. The summed E-state index contributed by atoms with van der Waals surface area (Å²) in [7, 11) is -0.435. The minimum Gasteiger partial charge on any atom is -0.324 e. The highest BCUT2D eigenvalue weighted by molar-refractivity contribution is 7.89. The number of hydrogen-bond acceptors (Lipinski definition) is 5. The second-order valence-corrected chi connectivity index (χ2v) is 6.71. The van der Waals surface area contributed by atoms with Gasteiger partial charge in [0.05, 0.1) is 11.1 Å². The van der Waals surface area contributed by atoms with Crippen LogP contribution in [0.25, 0.3) is 0 Å². The number of aromatic nitrogens is 2. The molecule has 4 N–H and O–H groups in total. The van der Waals surface area contributed by atoms with E-state index in [1.54, 1.807) is 50.2 Å². The molecule has 0 spiro atoms.